The average molecular weight is 391 g/mol. The SMILES string of the molecule is COc1ccc(CNc2cncc(C(=O)Nc3ccc(C)cc3C)c2)cc1OC. The molecular weight excluding hydrogens is 366 g/mol. The maximum absolute atomic E-state index is 12.6. The number of carbonyl (C=O) groups excluding carboxylic acids is 1. The number of pyridine rings is 1. The second-order valence-corrected chi connectivity index (χ2v) is 6.78. The summed E-state index contributed by atoms with van der Waals surface area (Å²) in [5, 5.41) is 6.23. The van der Waals surface area contributed by atoms with Gasteiger partial charge in [-0.1, -0.05) is 23.8 Å². The molecule has 0 bridgehead atoms. The van der Waals surface area contributed by atoms with Crippen molar-refractivity contribution in [3.8, 4) is 11.5 Å². The Hall–Kier alpha value is -3.54. The molecule has 0 aliphatic carbocycles. The molecule has 2 aromatic carbocycles. The molecular formula is C23H25N3O3. The Morgan fingerprint density at radius 2 is 1.76 bits per heavy atom. The van der Waals surface area contributed by atoms with Gasteiger partial charge in [0.2, 0.25) is 0 Å². The Labute approximate surface area is 170 Å². The Kier molecular flexibility index (Phi) is 6.34. The van der Waals surface area contributed by atoms with Crippen LogP contribution >= 0.6 is 0 Å². The van der Waals surface area contributed by atoms with Crippen LogP contribution in [-0.4, -0.2) is 25.1 Å². The number of hydrogen-bond donors (Lipinski definition) is 2. The number of amides is 1. The number of nitrogens with one attached hydrogen (secondary N) is 2. The van der Waals surface area contributed by atoms with E-state index in [1.807, 2.05) is 50.2 Å². The van der Waals surface area contributed by atoms with Crippen molar-refractivity contribution >= 4 is 17.3 Å². The number of rotatable bonds is 7. The van der Waals surface area contributed by atoms with Gasteiger partial charge in [0.25, 0.3) is 5.91 Å². The van der Waals surface area contributed by atoms with Crippen LogP contribution < -0.4 is 20.1 Å². The van der Waals surface area contributed by atoms with Gasteiger partial charge >= 0.3 is 0 Å². The van der Waals surface area contributed by atoms with Crippen LogP contribution in [0.4, 0.5) is 11.4 Å². The van der Waals surface area contributed by atoms with Crippen LogP contribution in [-0.2, 0) is 6.54 Å². The highest BCUT2D eigenvalue weighted by atomic mass is 16.5. The molecule has 0 saturated heterocycles. The van der Waals surface area contributed by atoms with Crippen molar-refractivity contribution in [2.24, 2.45) is 0 Å². The third kappa shape index (κ3) is 5.04. The molecule has 2 N–H and O–H groups in total. The molecule has 0 radical (unpaired) electrons. The van der Waals surface area contributed by atoms with Gasteiger partial charge in [0.15, 0.2) is 11.5 Å². The van der Waals surface area contributed by atoms with Crippen LogP contribution in [0.25, 0.3) is 0 Å². The van der Waals surface area contributed by atoms with Gasteiger partial charge in [0.1, 0.15) is 0 Å². The van der Waals surface area contributed by atoms with Crippen molar-refractivity contribution in [3.63, 3.8) is 0 Å². The molecule has 6 heteroatoms. The van der Waals surface area contributed by atoms with Crippen LogP contribution in [0.2, 0.25) is 0 Å². The fourth-order valence-electron chi connectivity index (χ4n) is 3.00. The number of nitrogens with zero attached hydrogens (tertiary/aromatic N) is 1. The average Bonchev–Trinajstić information content (AvgIpc) is 2.74. The first-order chi connectivity index (χ1) is 14.0. The standard InChI is InChI=1S/C23H25N3O3/c1-15-5-7-20(16(2)9-15)26-23(27)18-11-19(14-24-13-18)25-12-17-6-8-21(28-3)22(10-17)29-4/h5-11,13-14,25H,12H2,1-4H3,(H,26,27). The summed E-state index contributed by atoms with van der Waals surface area (Å²) in [6.45, 7) is 4.56. The first kappa shape index (κ1) is 20.2. The largest absolute Gasteiger partial charge is 0.493 e. The number of benzene rings is 2. The predicted octanol–water partition coefficient (Wildman–Crippen LogP) is 4.58. The Bertz CT molecular complexity index is 1020. The number of aryl methyl sites for hydroxylation is 2. The quantitative estimate of drug-likeness (QED) is 0.617. The summed E-state index contributed by atoms with van der Waals surface area (Å²) in [7, 11) is 3.22. The van der Waals surface area contributed by atoms with Crippen molar-refractivity contribution in [1.29, 1.82) is 0 Å². The fraction of sp³-hybridized carbons (Fsp3) is 0.217. The summed E-state index contributed by atoms with van der Waals surface area (Å²) >= 11 is 0. The van der Waals surface area contributed by atoms with Gasteiger partial charge in [0, 0.05) is 24.6 Å². The van der Waals surface area contributed by atoms with Gasteiger partial charge in [-0.15, -0.1) is 0 Å². The highest BCUT2D eigenvalue weighted by Gasteiger charge is 2.10. The minimum Gasteiger partial charge on any atom is -0.493 e. The van der Waals surface area contributed by atoms with Crippen molar-refractivity contribution in [1.82, 2.24) is 4.98 Å². The van der Waals surface area contributed by atoms with Crippen LogP contribution in [0.3, 0.4) is 0 Å². The number of carbonyl (C=O) groups is 1. The zero-order chi connectivity index (χ0) is 20.8. The first-order valence-electron chi connectivity index (χ1n) is 9.28. The zero-order valence-corrected chi connectivity index (χ0v) is 17.1. The molecule has 0 saturated carbocycles. The molecule has 0 aliphatic heterocycles. The van der Waals surface area contributed by atoms with Crippen LogP contribution in [0.1, 0.15) is 27.0 Å². The van der Waals surface area contributed by atoms with Gasteiger partial charge in [0.05, 0.1) is 25.5 Å². The monoisotopic (exact) mass is 391 g/mol. The molecule has 3 rings (SSSR count). The van der Waals surface area contributed by atoms with E-state index in [0.717, 1.165) is 28.1 Å². The number of anilines is 2. The minimum absolute atomic E-state index is 0.195. The van der Waals surface area contributed by atoms with E-state index in [0.29, 0.717) is 23.6 Å². The summed E-state index contributed by atoms with van der Waals surface area (Å²) in [6.07, 6.45) is 3.25. The van der Waals surface area contributed by atoms with E-state index in [2.05, 4.69) is 15.6 Å². The second kappa shape index (κ2) is 9.10. The van der Waals surface area contributed by atoms with E-state index in [1.54, 1.807) is 32.7 Å². The number of hydrogen-bond acceptors (Lipinski definition) is 5. The lowest BCUT2D eigenvalue weighted by Gasteiger charge is -2.12. The Morgan fingerprint density at radius 1 is 0.966 bits per heavy atom. The summed E-state index contributed by atoms with van der Waals surface area (Å²) < 4.78 is 10.6. The number of aromatic nitrogens is 1. The molecule has 3 aromatic rings. The second-order valence-electron chi connectivity index (χ2n) is 6.78. The summed E-state index contributed by atoms with van der Waals surface area (Å²) in [5.41, 5.74) is 5.24. The predicted molar refractivity (Wildman–Crippen MR) is 115 cm³/mol. The summed E-state index contributed by atoms with van der Waals surface area (Å²) in [6, 6.07) is 13.4. The molecule has 0 fully saturated rings. The molecule has 1 aromatic heterocycles. The van der Waals surface area contributed by atoms with Gasteiger partial charge in [-0.25, -0.2) is 0 Å². The van der Waals surface area contributed by atoms with Crippen molar-refractivity contribution < 1.29 is 14.3 Å². The Balaban J connectivity index is 1.68. The lowest BCUT2D eigenvalue weighted by Crippen LogP contribution is -2.13. The fourth-order valence-corrected chi connectivity index (χ4v) is 3.00. The van der Waals surface area contributed by atoms with Gasteiger partial charge in [-0.3, -0.25) is 9.78 Å². The van der Waals surface area contributed by atoms with E-state index in [9.17, 15) is 4.79 Å². The van der Waals surface area contributed by atoms with Gasteiger partial charge in [-0.05, 0) is 49.2 Å². The molecule has 1 heterocycles. The summed E-state index contributed by atoms with van der Waals surface area (Å²) in [5.74, 6) is 1.16. The van der Waals surface area contributed by atoms with E-state index in [-0.39, 0.29) is 5.91 Å². The van der Waals surface area contributed by atoms with E-state index in [4.69, 9.17) is 9.47 Å². The van der Waals surface area contributed by atoms with Gasteiger partial charge in [-0.2, -0.15) is 0 Å². The maximum atomic E-state index is 12.6. The van der Waals surface area contributed by atoms with E-state index in [1.165, 1.54) is 0 Å². The zero-order valence-electron chi connectivity index (χ0n) is 17.1. The van der Waals surface area contributed by atoms with Crippen LogP contribution in [0.15, 0.2) is 54.9 Å². The number of methoxy groups -OCH3 is 2. The molecule has 0 unspecified atom stereocenters. The smallest absolute Gasteiger partial charge is 0.257 e. The number of ether oxygens (including phenoxy) is 2. The van der Waals surface area contributed by atoms with Crippen LogP contribution in [0.5, 0.6) is 11.5 Å². The first-order valence-corrected chi connectivity index (χ1v) is 9.28. The Morgan fingerprint density at radius 3 is 2.48 bits per heavy atom. The van der Waals surface area contributed by atoms with Crippen molar-refractivity contribution in [3.05, 3.63) is 77.1 Å². The summed E-state index contributed by atoms with van der Waals surface area (Å²) in [4.78, 5) is 16.8. The molecule has 6 nitrogen and oxygen atoms in total. The lowest BCUT2D eigenvalue weighted by atomic mass is 10.1. The van der Waals surface area contributed by atoms with E-state index >= 15 is 0 Å². The molecule has 1 amide bonds. The maximum Gasteiger partial charge on any atom is 0.257 e. The molecule has 0 atom stereocenters. The van der Waals surface area contributed by atoms with Crippen molar-refractivity contribution in [2.45, 2.75) is 20.4 Å². The molecule has 0 spiro atoms. The highest BCUT2D eigenvalue weighted by Crippen LogP contribution is 2.28. The normalized spacial score (nSPS) is 10.3. The third-order valence-electron chi connectivity index (χ3n) is 4.58. The lowest BCUT2D eigenvalue weighted by molar-refractivity contribution is 0.102. The van der Waals surface area contributed by atoms with Gasteiger partial charge < -0.3 is 20.1 Å². The topological polar surface area (TPSA) is 72.5 Å². The molecule has 150 valence electrons. The van der Waals surface area contributed by atoms with Crippen LogP contribution in [0, 0.1) is 13.8 Å². The van der Waals surface area contributed by atoms with Crippen molar-refractivity contribution in [2.75, 3.05) is 24.9 Å². The minimum atomic E-state index is -0.195. The molecule has 0 aliphatic rings. The molecule has 29 heavy (non-hydrogen) atoms. The van der Waals surface area contributed by atoms with E-state index < -0.39 is 0 Å². The third-order valence-corrected chi connectivity index (χ3v) is 4.58. The highest BCUT2D eigenvalue weighted by molar-refractivity contribution is 6.04.